The monoisotopic (exact) mass is 277 g/mol. The van der Waals surface area contributed by atoms with Gasteiger partial charge in [0.15, 0.2) is 0 Å². The summed E-state index contributed by atoms with van der Waals surface area (Å²) in [7, 11) is 0. The first-order valence-corrected chi connectivity index (χ1v) is 5.72. The molecule has 0 spiro atoms. The van der Waals surface area contributed by atoms with E-state index in [-0.39, 0.29) is 23.1 Å². The predicted octanol–water partition coefficient (Wildman–Crippen LogP) is 3.27. The zero-order valence-corrected chi connectivity index (χ0v) is 10.5. The van der Waals surface area contributed by atoms with Crippen molar-refractivity contribution < 1.29 is 14.3 Å². The van der Waals surface area contributed by atoms with Gasteiger partial charge in [-0.15, -0.1) is 0 Å². The molecule has 8 nitrogen and oxygen atoms in total. The maximum absolute atomic E-state index is 11.0. The third-order valence-electron chi connectivity index (χ3n) is 2.73. The number of anilines is 1. The number of hydrogen-bond acceptors (Lipinski definition) is 6. The minimum Gasteiger partial charge on any atom is -0.467 e. The molecule has 2 aromatic rings. The number of nitrogens with zero attached hydrogens (tertiary/aromatic N) is 2. The van der Waals surface area contributed by atoms with Gasteiger partial charge in [0.1, 0.15) is 11.4 Å². The van der Waals surface area contributed by atoms with E-state index in [1.807, 2.05) is 0 Å². The summed E-state index contributed by atoms with van der Waals surface area (Å²) in [5.41, 5.74) is -0.477. The summed E-state index contributed by atoms with van der Waals surface area (Å²) < 4.78 is 5.19. The Morgan fingerprint density at radius 3 is 2.50 bits per heavy atom. The number of rotatable bonds is 5. The number of nitro benzene ring substituents is 2. The van der Waals surface area contributed by atoms with Crippen LogP contribution in [0.1, 0.15) is 18.7 Å². The standard InChI is InChI=1S/C12H11N3O5/c1-8(12-3-2-6-20-12)13-10-5-4-9(14(16)17)7-11(10)15(18)19/h2-8,13H,1H3/t8-/m0/s1. The van der Waals surface area contributed by atoms with Crippen molar-refractivity contribution in [1.29, 1.82) is 0 Å². The average Bonchev–Trinajstić information content (AvgIpc) is 2.92. The highest BCUT2D eigenvalue weighted by atomic mass is 16.6. The summed E-state index contributed by atoms with van der Waals surface area (Å²) in [6, 6.07) is 6.59. The van der Waals surface area contributed by atoms with Crippen molar-refractivity contribution in [3.63, 3.8) is 0 Å². The second kappa shape index (κ2) is 5.39. The molecule has 104 valence electrons. The molecule has 1 N–H and O–H groups in total. The second-order valence-electron chi connectivity index (χ2n) is 4.10. The van der Waals surface area contributed by atoms with E-state index < -0.39 is 9.85 Å². The molecule has 0 aliphatic rings. The molecule has 0 fully saturated rings. The first-order chi connectivity index (χ1) is 9.49. The van der Waals surface area contributed by atoms with Crippen LogP contribution in [-0.2, 0) is 0 Å². The van der Waals surface area contributed by atoms with Gasteiger partial charge in [-0.05, 0) is 25.1 Å². The molecule has 1 heterocycles. The molecule has 0 unspecified atom stereocenters. The predicted molar refractivity (Wildman–Crippen MR) is 70.5 cm³/mol. The molecule has 0 saturated heterocycles. The Bertz CT molecular complexity index is 639. The molecule has 2 rings (SSSR count). The van der Waals surface area contributed by atoms with Crippen LogP contribution in [0.25, 0.3) is 0 Å². The molecule has 0 radical (unpaired) electrons. The summed E-state index contributed by atoms with van der Waals surface area (Å²) in [5, 5.41) is 24.5. The molecule has 0 aliphatic carbocycles. The third-order valence-corrected chi connectivity index (χ3v) is 2.73. The molecule has 1 atom stereocenters. The second-order valence-corrected chi connectivity index (χ2v) is 4.10. The largest absolute Gasteiger partial charge is 0.467 e. The van der Waals surface area contributed by atoms with Gasteiger partial charge in [0.25, 0.3) is 11.4 Å². The number of non-ortho nitro benzene ring substituents is 1. The Hall–Kier alpha value is -2.90. The maximum Gasteiger partial charge on any atom is 0.299 e. The van der Waals surface area contributed by atoms with Gasteiger partial charge in [0.05, 0.1) is 28.2 Å². The zero-order valence-electron chi connectivity index (χ0n) is 10.5. The summed E-state index contributed by atoms with van der Waals surface area (Å²) in [4.78, 5) is 20.3. The van der Waals surface area contributed by atoms with E-state index in [9.17, 15) is 20.2 Å². The quantitative estimate of drug-likeness (QED) is 0.663. The van der Waals surface area contributed by atoms with Gasteiger partial charge in [-0.1, -0.05) is 0 Å². The molecule has 8 heteroatoms. The van der Waals surface area contributed by atoms with Crippen LogP contribution in [-0.4, -0.2) is 9.85 Å². The van der Waals surface area contributed by atoms with Gasteiger partial charge in [0.2, 0.25) is 0 Å². The highest BCUT2D eigenvalue weighted by molar-refractivity contribution is 5.65. The summed E-state index contributed by atoms with van der Waals surface area (Å²) >= 11 is 0. The van der Waals surface area contributed by atoms with Crippen LogP contribution in [0.3, 0.4) is 0 Å². The normalized spacial score (nSPS) is 11.8. The summed E-state index contributed by atoms with van der Waals surface area (Å²) in [5.74, 6) is 0.609. The van der Waals surface area contributed by atoms with Crippen LogP contribution in [0, 0.1) is 20.2 Å². The summed E-state index contributed by atoms with van der Waals surface area (Å²) in [6.07, 6.45) is 1.50. The minimum atomic E-state index is -0.674. The third kappa shape index (κ3) is 2.74. The topological polar surface area (TPSA) is 111 Å². The van der Waals surface area contributed by atoms with Gasteiger partial charge in [-0.25, -0.2) is 0 Å². The van der Waals surface area contributed by atoms with Crippen molar-refractivity contribution in [2.75, 3.05) is 5.32 Å². The Morgan fingerprint density at radius 2 is 1.95 bits per heavy atom. The van der Waals surface area contributed by atoms with Gasteiger partial charge < -0.3 is 9.73 Å². The van der Waals surface area contributed by atoms with Crippen LogP contribution in [0.4, 0.5) is 17.1 Å². The fourth-order valence-electron chi connectivity index (χ4n) is 1.75. The highest BCUT2D eigenvalue weighted by Gasteiger charge is 2.21. The lowest BCUT2D eigenvalue weighted by molar-refractivity contribution is -0.393. The maximum atomic E-state index is 11.0. The van der Waals surface area contributed by atoms with Crippen LogP contribution in [0.5, 0.6) is 0 Å². The first kappa shape index (κ1) is 13.5. The van der Waals surface area contributed by atoms with Crippen molar-refractivity contribution in [3.8, 4) is 0 Å². The molecular formula is C12H11N3O5. The number of hydrogen-bond donors (Lipinski definition) is 1. The lowest BCUT2D eigenvalue weighted by Gasteiger charge is -2.12. The van der Waals surface area contributed by atoms with Crippen LogP contribution in [0.15, 0.2) is 41.0 Å². The van der Waals surface area contributed by atoms with E-state index in [1.165, 1.54) is 18.4 Å². The van der Waals surface area contributed by atoms with Crippen LogP contribution in [0.2, 0.25) is 0 Å². The number of nitro groups is 2. The Kier molecular flexibility index (Phi) is 3.65. The van der Waals surface area contributed by atoms with Gasteiger partial charge in [-0.3, -0.25) is 20.2 Å². The van der Waals surface area contributed by atoms with E-state index in [1.54, 1.807) is 19.1 Å². The molecule has 0 amide bonds. The number of nitrogens with one attached hydrogen (secondary N) is 1. The van der Waals surface area contributed by atoms with E-state index in [0.717, 1.165) is 6.07 Å². The van der Waals surface area contributed by atoms with Gasteiger partial charge >= 0.3 is 0 Å². The van der Waals surface area contributed by atoms with Gasteiger partial charge in [-0.2, -0.15) is 0 Å². The Labute approximate surface area is 113 Å². The smallest absolute Gasteiger partial charge is 0.299 e. The molecule has 0 bridgehead atoms. The lowest BCUT2D eigenvalue weighted by atomic mass is 10.2. The van der Waals surface area contributed by atoms with Crippen molar-refractivity contribution >= 4 is 17.1 Å². The van der Waals surface area contributed by atoms with E-state index in [4.69, 9.17) is 4.42 Å². The van der Waals surface area contributed by atoms with Crippen molar-refractivity contribution in [1.82, 2.24) is 0 Å². The minimum absolute atomic E-state index is 0.199. The lowest BCUT2D eigenvalue weighted by Crippen LogP contribution is -2.07. The number of benzene rings is 1. The number of furan rings is 1. The molecule has 1 aromatic heterocycles. The highest BCUT2D eigenvalue weighted by Crippen LogP contribution is 2.31. The van der Waals surface area contributed by atoms with Crippen molar-refractivity contribution in [2.24, 2.45) is 0 Å². The zero-order chi connectivity index (χ0) is 14.7. The van der Waals surface area contributed by atoms with E-state index in [2.05, 4.69) is 5.32 Å². The van der Waals surface area contributed by atoms with Gasteiger partial charge in [0, 0.05) is 6.07 Å². The fourth-order valence-corrected chi connectivity index (χ4v) is 1.75. The average molecular weight is 277 g/mol. The molecule has 0 aliphatic heterocycles. The first-order valence-electron chi connectivity index (χ1n) is 5.72. The van der Waals surface area contributed by atoms with E-state index >= 15 is 0 Å². The molecule has 0 saturated carbocycles. The van der Waals surface area contributed by atoms with Crippen molar-refractivity contribution in [2.45, 2.75) is 13.0 Å². The molecule has 1 aromatic carbocycles. The van der Waals surface area contributed by atoms with Crippen molar-refractivity contribution in [3.05, 3.63) is 62.6 Å². The molecular weight excluding hydrogens is 266 g/mol. The van der Waals surface area contributed by atoms with Crippen LogP contribution >= 0.6 is 0 Å². The van der Waals surface area contributed by atoms with E-state index in [0.29, 0.717) is 5.76 Å². The fraction of sp³-hybridized carbons (Fsp3) is 0.167. The summed E-state index contributed by atoms with van der Waals surface area (Å²) in [6.45, 7) is 1.77. The van der Waals surface area contributed by atoms with Crippen LogP contribution < -0.4 is 5.32 Å². The Morgan fingerprint density at radius 1 is 1.20 bits per heavy atom. The Balaban J connectivity index is 2.31. The molecule has 20 heavy (non-hydrogen) atoms. The SMILES string of the molecule is C[C@H](Nc1ccc([N+](=O)[O-])cc1[N+](=O)[O-])c1ccco1.